The molecule has 1 aromatic carbocycles. The van der Waals surface area contributed by atoms with E-state index in [1.165, 1.54) is 5.56 Å². The van der Waals surface area contributed by atoms with E-state index >= 15 is 0 Å². The summed E-state index contributed by atoms with van der Waals surface area (Å²) in [5, 5.41) is 9.91. The van der Waals surface area contributed by atoms with Gasteiger partial charge in [0, 0.05) is 6.54 Å². The lowest BCUT2D eigenvalue weighted by Crippen LogP contribution is -2.15. The number of nitrogens with zero attached hydrogens (tertiary/aromatic N) is 1. The number of aryl methyl sites for hydroxylation is 1. The van der Waals surface area contributed by atoms with Crippen LogP contribution in [0.2, 0.25) is 0 Å². The van der Waals surface area contributed by atoms with Crippen LogP contribution in [0.4, 0.5) is 0 Å². The summed E-state index contributed by atoms with van der Waals surface area (Å²) < 4.78 is 0. The number of hydrogen-bond acceptors (Lipinski definition) is 2. The average molecular weight is 207 g/mol. The van der Waals surface area contributed by atoms with Crippen molar-refractivity contribution < 1.29 is 5.11 Å². The second-order valence-corrected chi connectivity index (χ2v) is 4.20. The lowest BCUT2D eigenvalue weighted by atomic mass is 10.0. The first-order valence-corrected chi connectivity index (χ1v) is 5.55. The van der Waals surface area contributed by atoms with Gasteiger partial charge in [-0.05, 0) is 38.1 Å². The lowest BCUT2D eigenvalue weighted by molar-refractivity contribution is 0.154. The molecule has 84 valence electrons. The van der Waals surface area contributed by atoms with E-state index in [-0.39, 0.29) is 6.10 Å². The zero-order valence-electron chi connectivity index (χ0n) is 9.90. The summed E-state index contributed by atoms with van der Waals surface area (Å²) in [7, 11) is 4.04. The van der Waals surface area contributed by atoms with Crippen LogP contribution in [0.1, 0.15) is 30.6 Å². The van der Waals surface area contributed by atoms with Crippen molar-refractivity contribution in [2.45, 2.75) is 25.9 Å². The first-order chi connectivity index (χ1) is 7.13. The summed E-state index contributed by atoms with van der Waals surface area (Å²) in [6, 6.07) is 8.24. The van der Waals surface area contributed by atoms with Crippen molar-refractivity contribution in [2.24, 2.45) is 0 Å². The number of benzene rings is 1. The van der Waals surface area contributed by atoms with Gasteiger partial charge in [-0.2, -0.15) is 0 Å². The molecule has 0 fully saturated rings. The van der Waals surface area contributed by atoms with Crippen LogP contribution >= 0.6 is 0 Å². The molecule has 0 saturated carbocycles. The van der Waals surface area contributed by atoms with E-state index in [0.717, 1.165) is 24.9 Å². The molecule has 0 bridgehead atoms. The first-order valence-electron chi connectivity index (χ1n) is 5.55. The van der Waals surface area contributed by atoms with E-state index < -0.39 is 0 Å². The van der Waals surface area contributed by atoms with Crippen LogP contribution in [0.25, 0.3) is 0 Å². The summed E-state index contributed by atoms with van der Waals surface area (Å²) in [4.78, 5) is 2.09. The Morgan fingerprint density at radius 3 is 2.27 bits per heavy atom. The molecule has 0 heterocycles. The molecule has 0 unspecified atom stereocenters. The Balaban J connectivity index is 2.54. The van der Waals surface area contributed by atoms with E-state index in [9.17, 15) is 5.11 Å². The third-order valence-corrected chi connectivity index (χ3v) is 2.62. The molecule has 0 radical (unpaired) electrons. The van der Waals surface area contributed by atoms with Crippen LogP contribution < -0.4 is 0 Å². The topological polar surface area (TPSA) is 23.5 Å². The molecule has 0 aromatic heterocycles. The Bertz CT molecular complexity index is 279. The fourth-order valence-electron chi connectivity index (χ4n) is 1.52. The molecule has 2 heteroatoms. The van der Waals surface area contributed by atoms with Crippen molar-refractivity contribution in [1.29, 1.82) is 0 Å². The fourth-order valence-corrected chi connectivity index (χ4v) is 1.52. The molecule has 1 atom stereocenters. The summed E-state index contributed by atoms with van der Waals surface area (Å²) in [5.41, 5.74) is 2.34. The van der Waals surface area contributed by atoms with E-state index in [1.54, 1.807) is 0 Å². The monoisotopic (exact) mass is 207 g/mol. The zero-order chi connectivity index (χ0) is 11.3. The molecule has 1 aromatic rings. The summed E-state index contributed by atoms with van der Waals surface area (Å²) >= 11 is 0. The third kappa shape index (κ3) is 4.02. The highest BCUT2D eigenvalue weighted by Crippen LogP contribution is 2.17. The second-order valence-electron chi connectivity index (χ2n) is 4.20. The third-order valence-electron chi connectivity index (χ3n) is 2.62. The highest BCUT2D eigenvalue weighted by molar-refractivity contribution is 5.24. The number of rotatable bonds is 5. The predicted molar refractivity (Wildman–Crippen MR) is 64.0 cm³/mol. The number of hydrogen-bond donors (Lipinski definition) is 1. The molecule has 0 spiro atoms. The molecule has 1 N–H and O–H groups in total. The van der Waals surface area contributed by atoms with Gasteiger partial charge in [-0.15, -0.1) is 0 Å². The molecule has 2 nitrogen and oxygen atoms in total. The minimum Gasteiger partial charge on any atom is -0.388 e. The van der Waals surface area contributed by atoms with Gasteiger partial charge in [-0.25, -0.2) is 0 Å². The maximum atomic E-state index is 9.91. The summed E-state index contributed by atoms with van der Waals surface area (Å²) in [6.45, 7) is 3.05. The Kier molecular flexibility index (Phi) is 4.79. The Labute approximate surface area is 92.5 Å². The van der Waals surface area contributed by atoms with Crippen LogP contribution in [-0.4, -0.2) is 30.6 Å². The van der Waals surface area contributed by atoms with Crippen molar-refractivity contribution in [3.8, 4) is 0 Å². The molecular formula is C13H21NO. The maximum absolute atomic E-state index is 9.91. The van der Waals surface area contributed by atoms with Gasteiger partial charge >= 0.3 is 0 Å². The zero-order valence-corrected chi connectivity index (χ0v) is 9.90. The SMILES string of the molecule is CCc1ccc([C@H](O)CCN(C)C)cc1. The Hall–Kier alpha value is -0.860. The Morgan fingerprint density at radius 1 is 1.20 bits per heavy atom. The van der Waals surface area contributed by atoms with Gasteiger partial charge in [0.25, 0.3) is 0 Å². The van der Waals surface area contributed by atoms with Crippen molar-refractivity contribution in [2.75, 3.05) is 20.6 Å². The average Bonchev–Trinajstić information content (AvgIpc) is 2.26. The highest BCUT2D eigenvalue weighted by Gasteiger charge is 2.07. The molecule has 0 amide bonds. The van der Waals surface area contributed by atoms with Gasteiger partial charge in [-0.1, -0.05) is 31.2 Å². The lowest BCUT2D eigenvalue weighted by Gasteiger charge is -2.14. The van der Waals surface area contributed by atoms with Crippen molar-refractivity contribution in [1.82, 2.24) is 4.90 Å². The number of aliphatic hydroxyl groups is 1. The fraction of sp³-hybridized carbons (Fsp3) is 0.538. The molecule has 0 aliphatic carbocycles. The van der Waals surface area contributed by atoms with Gasteiger partial charge in [0.15, 0.2) is 0 Å². The smallest absolute Gasteiger partial charge is 0.0802 e. The van der Waals surface area contributed by atoms with Gasteiger partial charge < -0.3 is 10.0 Å². The molecular weight excluding hydrogens is 186 g/mol. The predicted octanol–water partition coefficient (Wildman–Crippen LogP) is 2.23. The van der Waals surface area contributed by atoms with E-state index in [2.05, 4.69) is 24.0 Å². The van der Waals surface area contributed by atoms with Crippen LogP contribution in [0.15, 0.2) is 24.3 Å². The second kappa shape index (κ2) is 5.89. The van der Waals surface area contributed by atoms with Crippen molar-refractivity contribution in [3.05, 3.63) is 35.4 Å². The van der Waals surface area contributed by atoms with Gasteiger partial charge in [0.2, 0.25) is 0 Å². The summed E-state index contributed by atoms with van der Waals surface area (Å²) in [6.07, 6.45) is 1.50. The van der Waals surface area contributed by atoms with Crippen molar-refractivity contribution in [3.63, 3.8) is 0 Å². The van der Waals surface area contributed by atoms with Crippen LogP contribution in [0.5, 0.6) is 0 Å². The number of aliphatic hydroxyl groups excluding tert-OH is 1. The van der Waals surface area contributed by atoms with E-state index in [1.807, 2.05) is 26.2 Å². The largest absolute Gasteiger partial charge is 0.388 e. The standard InChI is InChI=1S/C13H21NO/c1-4-11-5-7-12(8-6-11)13(15)9-10-14(2)3/h5-8,13,15H,4,9-10H2,1-3H3/t13-/m1/s1. The molecule has 15 heavy (non-hydrogen) atoms. The first kappa shape index (κ1) is 12.2. The van der Waals surface area contributed by atoms with Gasteiger partial charge in [0.1, 0.15) is 0 Å². The molecule has 0 saturated heterocycles. The van der Waals surface area contributed by atoms with Crippen LogP contribution in [-0.2, 0) is 6.42 Å². The Morgan fingerprint density at radius 2 is 1.80 bits per heavy atom. The molecule has 0 aliphatic rings. The minimum atomic E-state index is -0.335. The van der Waals surface area contributed by atoms with Gasteiger partial charge in [0.05, 0.1) is 6.10 Å². The van der Waals surface area contributed by atoms with E-state index in [0.29, 0.717) is 0 Å². The molecule has 0 aliphatic heterocycles. The maximum Gasteiger partial charge on any atom is 0.0802 e. The normalized spacial score (nSPS) is 13.1. The minimum absolute atomic E-state index is 0.335. The van der Waals surface area contributed by atoms with Gasteiger partial charge in [-0.3, -0.25) is 0 Å². The van der Waals surface area contributed by atoms with Crippen LogP contribution in [0.3, 0.4) is 0 Å². The van der Waals surface area contributed by atoms with Crippen LogP contribution in [0, 0.1) is 0 Å². The highest BCUT2D eigenvalue weighted by atomic mass is 16.3. The van der Waals surface area contributed by atoms with E-state index in [4.69, 9.17) is 0 Å². The molecule has 1 rings (SSSR count). The van der Waals surface area contributed by atoms with Crippen molar-refractivity contribution >= 4 is 0 Å². The summed E-state index contributed by atoms with van der Waals surface area (Å²) in [5.74, 6) is 0. The quantitative estimate of drug-likeness (QED) is 0.800.